The molecule has 0 radical (unpaired) electrons. The predicted molar refractivity (Wildman–Crippen MR) is 108 cm³/mol. The molecule has 0 spiro atoms. The first-order valence-electron chi connectivity index (χ1n) is 7.59. The molecule has 1 aliphatic heterocycles. The summed E-state index contributed by atoms with van der Waals surface area (Å²) < 4.78 is 0.521. The van der Waals surface area contributed by atoms with Crippen molar-refractivity contribution in [3.8, 4) is 0 Å². The summed E-state index contributed by atoms with van der Waals surface area (Å²) in [6.45, 7) is 4.32. The lowest BCUT2D eigenvalue weighted by Crippen LogP contribution is -2.27. The van der Waals surface area contributed by atoms with Crippen LogP contribution in [0.25, 0.3) is 6.08 Å². The number of amides is 1. The SMILES string of the molecule is CC(C)c1ccc(/C=C2/SC(=S)N(c3cccc(Cl)c3)C2=O)cc1. The van der Waals surface area contributed by atoms with Crippen LogP contribution in [-0.4, -0.2) is 10.2 Å². The number of carbonyl (C=O) groups excluding carboxylic acids is 1. The van der Waals surface area contributed by atoms with Crippen molar-refractivity contribution in [2.75, 3.05) is 4.90 Å². The summed E-state index contributed by atoms with van der Waals surface area (Å²) in [7, 11) is 0. The third kappa shape index (κ3) is 3.56. The number of carbonyl (C=O) groups is 1. The molecule has 0 unspecified atom stereocenters. The van der Waals surface area contributed by atoms with Crippen LogP contribution in [0.4, 0.5) is 5.69 Å². The van der Waals surface area contributed by atoms with Crippen LogP contribution in [0.1, 0.15) is 30.9 Å². The van der Waals surface area contributed by atoms with Crippen LogP contribution in [0.2, 0.25) is 5.02 Å². The van der Waals surface area contributed by atoms with Crippen LogP contribution in [0, 0.1) is 0 Å². The highest BCUT2D eigenvalue weighted by Gasteiger charge is 2.33. The van der Waals surface area contributed by atoms with Gasteiger partial charge in [-0.05, 0) is 41.3 Å². The minimum absolute atomic E-state index is 0.111. The Morgan fingerprint density at radius 1 is 1.17 bits per heavy atom. The van der Waals surface area contributed by atoms with Crippen molar-refractivity contribution in [1.29, 1.82) is 0 Å². The minimum atomic E-state index is -0.111. The summed E-state index contributed by atoms with van der Waals surface area (Å²) in [5, 5.41) is 0.579. The summed E-state index contributed by atoms with van der Waals surface area (Å²) in [6, 6.07) is 15.4. The third-order valence-corrected chi connectivity index (χ3v) is 5.30. The molecule has 1 amide bonds. The second kappa shape index (κ2) is 7.09. The first-order valence-corrected chi connectivity index (χ1v) is 9.19. The lowest BCUT2D eigenvalue weighted by atomic mass is 10.0. The quantitative estimate of drug-likeness (QED) is 0.495. The number of halogens is 1. The molecule has 122 valence electrons. The number of thioether (sulfide) groups is 1. The van der Waals surface area contributed by atoms with Crippen LogP contribution in [0.15, 0.2) is 53.4 Å². The molecular weight excluding hydrogens is 358 g/mol. The van der Waals surface area contributed by atoms with Gasteiger partial charge in [-0.25, -0.2) is 0 Å². The van der Waals surface area contributed by atoms with Crippen molar-refractivity contribution in [3.05, 3.63) is 69.6 Å². The highest BCUT2D eigenvalue weighted by Crippen LogP contribution is 2.36. The summed E-state index contributed by atoms with van der Waals surface area (Å²) in [5.41, 5.74) is 2.97. The first kappa shape index (κ1) is 17.2. The Morgan fingerprint density at radius 3 is 2.50 bits per heavy atom. The van der Waals surface area contributed by atoms with Crippen LogP contribution in [-0.2, 0) is 4.79 Å². The van der Waals surface area contributed by atoms with E-state index in [1.807, 2.05) is 30.3 Å². The van der Waals surface area contributed by atoms with Crippen molar-refractivity contribution in [1.82, 2.24) is 0 Å². The molecule has 1 heterocycles. The second-order valence-electron chi connectivity index (χ2n) is 5.82. The van der Waals surface area contributed by atoms with Gasteiger partial charge in [0.1, 0.15) is 0 Å². The zero-order chi connectivity index (χ0) is 17.3. The van der Waals surface area contributed by atoms with Gasteiger partial charge in [-0.2, -0.15) is 0 Å². The number of hydrogen-bond donors (Lipinski definition) is 0. The van der Waals surface area contributed by atoms with E-state index in [4.69, 9.17) is 23.8 Å². The summed E-state index contributed by atoms with van der Waals surface area (Å²) >= 11 is 12.7. The van der Waals surface area contributed by atoms with E-state index >= 15 is 0 Å². The Labute approximate surface area is 156 Å². The van der Waals surface area contributed by atoms with Gasteiger partial charge in [-0.3, -0.25) is 9.69 Å². The molecule has 1 fully saturated rings. The average molecular weight is 374 g/mol. The molecule has 2 nitrogen and oxygen atoms in total. The van der Waals surface area contributed by atoms with Crippen molar-refractivity contribution in [3.63, 3.8) is 0 Å². The van der Waals surface area contributed by atoms with Gasteiger partial charge in [0.2, 0.25) is 0 Å². The molecule has 0 saturated carbocycles. The largest absolute Gasteiger partial charge is 0.270 e. The Bertz CT molecular complexity index is 828. The van der Waals surface area contributed by atoms with Gasteiger partial charge in [0, 0.05) is 5.02 Å². The molecule has 5 heteroatoms. The molecule has 0 bridgehead atoms. The zero-order valence-corrected chi connectivity index (χ0v) is 15.7. The molecule has 3 rings (SSSR count). The van der Waals surface area contributed by atoms with Crippen molar-refractivity contribution in [2.24, 2.45) is 0 Å². The lowest BCUT2D eigenvalue weighted by Gasteiger charge is -2.14. The Morgan fingerprint density at radius 2 is 1.88 bits per heavy atom. The van der Waals surface area contributed by atoms with Crippen molar-refractivity contribution >= 4 is 57.6 Å². The number of anilines is 1. The predicted octanol–water partition coefficient (Wildman–Crippen LogP) is 5.87. The average Bonchev–Trinajstić information content (AvgIpc) is 2.82. The molecular formula is C19H16ClNOS2. The van der Waals surface area contributed by atoms with Crippen LogP contribution >= 0.6 is 35.6 Å². The Balaban J connectivity index is 1.88. The number of nitrogens with zero attached hydrogens (tertiary/aromatic N) is 1. The van der Waals surface area contributed by atoms with E-state index in [9.17, 15) is 4.79 Å². The van der Waals surface area contributed by atoms with Crippen LogP contribution in [0.3, 0.4) is 0 Å². The summed E-state index contributed by atoms with van der Waals surface area (Å²) in [5.74, 6) is 0.375. The fraction of sp³-hybridized carbons (Fsp3) is 0.158. The van der Waals surface area contributed by atoms with Gasteiger partial charge in [-0.1, -0.05) is 79.8 Å². The van der Waals surface area contributed by atoms with E-state index < -0.39 is 0 Å². The molecule has 2 aromatic carbocycles. The summed E-state index contributed by atoms with van der Waals surface area (Å²) in [6.07, 6.45) is 1.88. The summed E-state index contributed by atoms with van der Waals surface area (Å²) in [4.78, 5) is 14.9. The van der Waals surface area contributed by atoms with Gasteiger partial charge in [0.05, 0.1) is 10.6 Å². The monoisotopic (exact) mass is 373 g/mol. The topological polar surface area (TPSA) is 20.3 Å². The van der Waals surface area contributed by atoms with E-state index in [2.05, 4.69) is 26.0 Å². The maximum absolute atomic E-state index is 12.7. The molecule has 0 atom stereocenters. The number of benzene rings is 2. The molecule has 0 aromatic heterocycles. The fourth-order valence-corrected chi connectivity index (χ4v) is 3.92. The van der Waals surface area contributed by atoms with E-state index in [0.29, 0.717) is 25.9 Å². The first-order chi connectivity index (χ1) is 11.5. The van der Waals surface area contributed by atoms with Crippen molar-refractivity contribution in [2.45, 2.75) is 19.8 Å². The molecule has 1 saturated heterocycles. The number of rotatable bonds is 3. The van der Waals surface area contributed by atoms with Gasteiger partial charge in [-0.15, -0.1) is 0 Å². The van der Waals surface area contributed by atoms with Gasteiger partial charge < -0.3 is 0 Å². The van der Waals surface area contributed by atoms with Crippen LogP contribution in [0.5, 0.6) is 0 Å². The number of hydrogen-bond acceptors (Lipinski definition) is 3. The second-order valence-corrected chi connectivity index (χ2v) is 7.93. The molecule has 1 aliphatic rings. The van der Waals surface area contributed by atoms with Gasteiger partial charge >= 0.3 is 0 Å². The highest BCUT2D eigenvalue weighted by molar-refractivity contribution is 8.27. The third-order valence-electron chi connectivity index (χ3n) is 3.76. The van der Waals surface area contributed by atoms with E-state index in [1.54, 1.807) is 12.1 Å². The lowest BCUT2D eigenvalue weighted by molar-refractivity contribution is -0.113. The minimum Gasteiger partial charge on any atom is -0.268 e. The molecule has 0 N–H and O–H groups in total. The van der Waals surface area contributed by atoms with Crippen LogP contribution < -0.4 is 4.90 Å². The molecule has 0 aliphatic carbocycles. The maximum atomic E-state index is 12.7. The smallest absolute Gasteiger partial charge is 0.268 e. The molecule has 2 aromatic rings. The zero-order valence-electron chi connectivity index (χ0n) is 13.3. The standard InChI is InChI=1S/C19H16ClNOS2/c1-12(2)14-8-6-13(7-9-14)10-17-18(22)21(19(23)24-17)16-5-3-4-15(20)11-16/h3-12H,1-2H3/b17-10+. The number of thiocarbonyl (C=S) groups is 1. The van der Waals surface area contributed by atoms with Crippen molar-refractivity contribution < 1.29 is 4.79 Å². The normalized spacial score (nSPS) is 16.5. The Kier molecular flexibility index (Phi) is 5.09. The van der Waals surface area contributed by atoms with E-state index in [0.717, 1.165) is 5.56 Å². The Hall–Kier alpha value is -1.62. The van der Waals surface area contributed by atoms with Gasteiger partial charge in [0.25, 0.3) is 5.91 Å². The van der Waals surface area contributed by atoms with Gasteiger partial charge in [0.15, 0.2) is 4.32 Å². The highest BCUT2D eigenvalue weighted by atomic mass is 35.5. The maximum Gasteiger partial charge on any atom is 0.270 e. The molecule has 24 heavy (non-hydrogen) atoms. The van der Waals surface area contributed by atoms with E-state index in [-0.39, 0.29) is 5.91 Å². The fourth-order valence-electron chi connectivity index (χ4n) is 2.43. The van der Waals surface area contributed by atoms with E-state index in [1.165, 1.54) is 22.2 Å².